The Morgan fingerprint density at radius 2 is 1.36 bits per heavy atom. The summed E-state index contributed by atoms with van der Waals surface area (Å²) in [5.74, 6) is 0.674. The molecule has 0 saturated heterocycles. The van der Waals surface area contributed by atoms with E-state index in [0.29, 0.717) is 15.8 Å². The van der Waals surface area contributed by atoms with Crippen LogP contribution in [0.2, 0.25) is 10.0 Å². The van der Waals surface area contributed by atoms with E-state index in [1.54, 1.807) is 11.8 Å². The third-order valence-electron chi connectivity index (χ3n) is 4.57. The molecule has 3 aromatic rings. The molecule has 144 valence electrons. The summed E-state index contributed by atoms with van der Waals surface area (Å²) in [5.41, 5.74) is 3.36. The zero-order valence-electron chi connectivity index (χ0n) is 14.9. The second-order valence-corrected chi connectivity index (χ2v) is 8.09. The van der Waals surface area contributed by atoms with E-state index < -0.39 is 0 Å². The van der Waals surface area contributed by atoms with E-state index in [9.17, 15) is 0 Å². The Balaban J connectivity index is 0.00000225. The molecule has 0 saturated carbocycles. The summed E-state index contributed by atoms with van der Waals surface area (Å²) < 4.78 is 0. The minimum atomic E-state index is 0. The summed E-state index contributed by atoms with van der Waals surface area (Å²) in [7, 11) is 0. The largest absolute Gasteiger partial charge is 0.356 e. The predicted molar refractivity (Wildman–Crippen MR) is 124 cm³/mol. The second kappa shape index (κ2) is 9.71. The van der Waals surface area contributed by atoms with Gasteiger partial charge in [0.2, 0.25) is 0 Å². The van der Waals surface area contributed by atoms with Crippen molar-refractivity contribution in [2.24, 2.45) is 4.99 Å². The number of hydrogen-bond donors (Lipinski definition) is 1. The van der Waals surface area contributed by atoms with Gasteiger partial charge in [0, 0.05) is 15.8 Å². The summed E-state index contributed by atoms with van der Waals surface area (Å²) >= 11 is 14.2. The van der Waals surface area contributed by atoms with Crippen LogP contribution >= 0.6 is 47.4 Å². The number of amidine groups is 1. The van der Waals surface area contributed by atoms with Gasteiger partial charge in [-0.05, 0) is 28.8 Å². The molecule has 28 heavy (non-hydrogen) atoms. The van der Waals surface area contributed by atoms with E-state index in [1.165, 1.54) is 11.1 Å². The van der Waals surface area contributed by atoms with Gasteiger partial charge in [-0.15, -0.1) is 12.4 Å². The molecule has 3 aromatic carbocycles. The first kappa shape index (κ1) is 21.1. The molecule has 0 unspecified atom stereocenters. The van der Waals surface area contributed by atoms with Crippen LogP contribution in [0.5, 0.6) is 0 Å². The lowest BCUT2D eigenvalue weighted by Gasteiger charge is -2.19. The predicted octanol–water partition coefficient (Wildman–Crippen LogP) is 7.09. The summed E-state index contributed by atoms with van der Waals surface area (Å²) in [4.78, 5) is 4.97. The van der Waals surface area contributed by atoms with Gasteiger partial charge in [0.15, 0.2) is 5.17 Å². The third-order valence-corrected chi connectivity index (χ3v) is 6.20. The summed E-state index contributed by atoms with van der Waals surface area (Å²) in [6.45, 7) is 0. The van der Waals surface area contributed by atoms with Crippen LogP contribution in [0.15, 0.2) is 83.9 Å². The molecule has 1 heterocycles. The molecule has 0 aromatic heterocycles. The van der Waals surface area contributed by atoms with Crippen molar-refractivity contribution in [1.82, 2.24) is 5.32 Å². The third kappa shape index (κ3) is 4.66. The Kier molecular flexibility index (Phi) is 7.30. The molecule has 1 aliphatic heterocycles. The maximum Gasteiger partial charge on any atom is 0.158 e. The van der Waals surface area contributed by atoms with E-state index in [-0.39, 0.29) is 24.5 Å². The highest BCUT2D eigenvalue weighted by Gasteiger charge is 2.31. The molecule has 0 amide bonds. The van der Waals surface area contributed by atoms with Crippen molar-refractivity contribution in [3.8, 4) is 0 Å². The monoisotopic (exact) mass is 448 g/mol. The van der Waals surface area contributed by atoms with Crippen LogP contribution in [0.1, 0.15) is 28.8 Å². The van der Waals surface area contributed by atoms with Crippen LogP contribution < -0.4 is 5.32 Å². The molecule has 2 atom stereocenters. The lowest BCUT2D eigenvalue weighted by atomic mass is 9.95. The van der Waals surface area contributed by atoms with Gasteiger partial charge in [-0.3, -0.25) is 4.99 Å². The highest BCUT2D eigenvalue weighted by molar-refractivity contribution is 8.13. The highest BCUT2D eigenvalue weighted by Crippen LogP contribution is 2.38. The van der Waals surface area contributed by atoms with Crippen LogP contribution in [0.4, 0.5) is 0 Å². The lowest BCUT2D eigenvalue weighted by molar-refractivity contribution is 0.573. The molecule has 0 fully saturated rings. The van der Waals surface area contributed by atoms with Crippen LogP contribution in [0.3, 0.4) is 0 Å². The van der Waals surface area contributed by atoms with Crippen molar-refractivity contribution in [2.45, 2.75) is 17.8 Å². The normalized spacial score (nSPS) is 18.1. The van der Waals surface area contributed by atoms with Gasteiger partial charge < -0.3 is 5.32 Å². The van der Waals surface area contributed by atoms with Crippen molar-refractivity contribution in [3.63, 3.8) is 0 Å². The van der Waals surface area contributed by atoms with Crippen LogP contribution in [-0.2, 0) is 5.75 Å². The quantitative estimate of drug-likeness (QED) is 0.460. The van der Waals surface area contributed by atoms with Crippen molar-refractivity contribution in [1.29, 1.82) is 0 Å². The Morgan fingerprint density at radius 3 is 1.96 bits per heavy atom. The summed E-state index contributed by atoms with van der Waals surface area (Å²) in [6.07, 6.45) is 0. The number of nitrogens with one attached hydrogen (secondary N) is 1. The minimum Gasteiger partial charge on any atom is -0.356 e. The SMILES string of the molecule is Cl.Clc1cccc(Cl)c1CSC1=N[C@H](c2ccccc2)[C@H](c2ccccc2)N1. The molecular weight excluding hydrogens is 431 g/mol. The molecule has 6 heteroatoms. The van der Waals surface area contributed by atoms with E-state index >= 15 is 0 Å². The topological polar surface area (TPSA) is 24.4 Å². The number of thioether (sulfide) groups is 1. The highest BCUT2D eigenvalue weighted by atomic mass is 35.5. The smallest absolute Gasteiger partial charge is 0.158 e. The van der Waals surface area contributed by atoms with Gasteiger partial charge in [0.1, 0.15) is 6.04 Å². The van der Waals surface area contributed by atoms with Gasteiger partial charge in [0.05, 0.1) is 6.04 Å². The molecule has 2 nitrogen and oxygen atoms in total. The van der Waals surface area contributed by atoms with E-state index in [0.717, 1.165) is 10.7 Å². The Bertz CT molecular complexity index is 928. The maximum absolute atomic E-state index is 6.31. The Morgan fingerprint density at radius 1 is 0.786 bits per heavy atom. The summed E-state index contributed by atoms with van der Waals surface area (Å²) in [5, 5.41) is 5.88. The first-order valence-corrected chi connectivity index (χ1v) is 10.5. The van der Waals surface area contributed by atoms with E-state index in [4.69, 9.17) is 28.2 Å². The van der Waals surface area contributed by atoms with Crippen LogP contribution in [0, 0.1) is 0 Å². The lowest BCUT2D eigenvalue weighted by Crippen LogP contribution is -2.22. The van der Waals surface area contributed by atoms with Crippen molar-refractivity contribution >= 4 is 52.5 Å². The Hall–Kier alpha value is -1.65. The number of rotatable bonds is 4. The first-order valence-electron chi connectivity index (χ1n) is 8.72. The first-order chi connectivity index (χ1) is 13.2. The molecular formula is C22H19Cl3N2S. The standard InChI is InChI=1S/C22H18Cl2N2S.ClH/c23-18-12-7-13-19(24)17(18)14-27-22-25-20(15-8-3-1-4-9-15)21(26-22)16-10-5-2-6-11-16;/h1-13,20-21H,14H2,(H,25,26);1H/t20-,21+;. The number of hydrogen-bond acceptors (Lipinski definition) is 3. The number of halogens is 3. The van der Waals surface area contributed by atoms with Crippen LogP contribution in [0.25, 0.3) is 0 Å². The number of nitrogens with zero attached hydrogens (tertiary/aromatic N) is 1. The number of benzene rings is 3. The van der Waals surface area contributed by atoms with Crippen molar-refractivity contribution < 1.29 is 0 Å². The maximum atomic E-state index is 6.31. The second-order valence-electron chi connectivity index (χ2n) is 6.31. The van der Waals surface area contributed by atoms with Crippen molar-refractivity contribution in [3.05, 3.63) is 106 Å². The van der Waals surface area contributed by atoms with Crippen molar-refractivity contribution in [2.75, 3.05) is 0 Å². The molecule has 1 N–H and O–H groups in total. The van der Waals surface area contributed by atoms with Gasteiger partial charge in [0.25, 0.3) is 0 Å². The molecule has 0 spiro atoms. The average Bonchev–Trinajstić information content (AvgIpc) is 3.13. The fourth-order valence-electron chi connectivity index (χ4n) is 3.18. The zero-order valence-corrected chi connectivity index (χ0v) is 18.0. The van der Waals surface area contributed by atoms with E-state index in [2.05, 4.69) is 53.8 Å². The number of aliphatic imine (C=N–C) groups is 1. The van der Waals surface area contributed by atoms with E-state index in [1.807, 2.05) is 30.3 Å². The van der Waals surface area contributed by atoms with Gasteiger partial charge in [-0.2, -0.15) is 0 Å². The average molecular weight is 450 g/mol. The van der Waals surface area contributed by atoms with Gasteiger partial charge in [-0.1, -0.05) is 102 Å². The Labute approximate surface area is 185 Å². The summed E-state index contributed by atoms with van der Waals surface area (Å²) in [6, 6.07) is 26.6. The molecule has 0 aliphatic carbocycles. The molecule has 0 radical (unpaired) electrons. The zero-order chi connectivity index (χ0) is 18.6. The van der Waals surface area contributed by atoms with Gasteiger partial charge >= 0.3 is 0 Å². The van der Waals surface area contributed by atoms with Gasteiger partial charge in [-0.25, -0.2) is 0 Å². The fourth-order valence-corrected chi connectivity index (χ4v) is 4.86. The minimum absolute atomic E-state index is 0. The molecule has 4 rings (SSSR count). The molecule has 0 bridgehead atoms. The molecule has 1 aliphatic rings. The van der Waals surface area contributed by atoms with Crippen LogP contribution in [-0.4, -0.2) is 5.17 Å². The fraction of sp³-hybridized carbons (Fsp3) is 0.136.